The maximum absolute atomic E-state index is 6.45. The van der Waals surface area contributed by atoms with Crippen molar-refractivity contribution in [3.8, 4) is 17.1 Å². The second kappa shape index (κ2) is 6.68. The molecule has 0 N–H and O–H groups in total. The highest BCUT2D eigenvalue weighted by Gasteiger charge is 2.14. The average molecular weight is 406 g/mol. The highest BCUT2D eigenvalue weighted by Crippen LogP contribution is 2.34. The van der Waals surface area contributed by atoms with Crippen LogP contribution in [-0.2, 0) is 0 Å². The number of hydrogen-bond donors (Lipinski definition) is 0. The molecule has 0 bridgehead atoms. The Balaban J connectivity index is 1.64. The highest BCUT2D eigenvalue weighted by atomic mass is 35.5. The summed E-state index contributed by atoms with van der Waals surface area (Å²) < 4.78 is 2.29. The fraction of sp³-hybridized carbons (Fsp3) is 0. The van der Waals surface area contributed by atoms with E-state index in [1.165, 1.54) is 16.3 Å². The van der Waals surface area contributed by atoms with Crippen molar-refractivity contribution in [1.29, 1.82) is 0 Å². The van der Waals surface area contributed by atoms with Gasteiger partial charge in [0, 0.05) is 27.4 Å². The predicted octanol–water partition coefficient (Wildman–Crippen LogP) is 7.05. The van der Waals surface area contributed by atoms with Gasteiger partial charge in [-0.05, 0) is 48.5 Å². The van der Waals surface area contributed by atoms with Crippen molar-refractivity contribution in [2.45, 2.75) is 0 Å². The van der Waals surface area contributed by atoms with Crippen LogP contribution >= 0.6 is 11.6 Å². The Morgan fingerprint density at radius 2 is 1.30 bits per heavy atom. The fourth-order valence-electron chi connectivity index (χ4n) is 4.13. The van der Waals surface area contributed by atoms with Crippen molar-refractivity contribution in [2.24, 2.45) is 0 Å². The van der Waals surface area contributed by atoms with Crippen molar-refractivity contribution in [1.82, 2.24) is 14.5 Å². The summed E-state index contributed by atoms with van der Waals surface area (Å²) in [5.74, 6) is 0.636. The molecule has 0 radical (unpaired) electrons. The van der Waals surface area contributed by atoms with Gasteiger partial charge in [0.2, 0.25) is 0 Å². The molecule has 0 unspecified atom stereocenters. The molecule has 0 atom stereocenters. The molecule has 0 spiro atoms. The van der Waals surface area contributed by atoms with E-state index < -0.39 is 0 Å². The van der Waals surface area contributed by atoms with Gasteiger partial charge >= 0.3 is 0 Å². The lowest BCUT2D eigenvalue weighted by molar-refractivity contribution is 1.18. The molecular weight excluding hydrogens is 390 g/mol. The SMILES string of the molecule is Clc1nc(-c2ccc3c(c2)c2ccccc2n3-c2ccccc2)nc2ccccc12. The monoisotopic (exact) mass is 405 g/mol. The first-order valence-electron chi connectivity index (χ1n) is 9.81. The van der Waals surface area contributed by atoms with Gasteiger partial charge in [-0.3, -0.25) is 0 Å². The van der Waals surface area contributed by atoms with E-state index >= 15 is 0 Å². The largest absolute Gasteiger partial charge is 0.309 e. The number of fused-ring (bicyclic) bond motifs is 4. The first kappa shape index (κ1) is 17.2. The summed E-state index contributed by atoms with van der Waals surface area (Å²) in [5, 5.41) is 3.71. The molecule has 0 aliphatic heterocycles. The summed E-state index contributed by atoms with van der Waals surface area (Å²) in [5.41, 5.74) is 5.26. The van der Waals surface area contributed by atoms with Crippen LogP contribution in [0.15, 0.2) is 97.1 Å². The molecule has 0 amide bonds. The van der Waals surface area contributed by atoms with Crippen LogP contribution in [0.4, 0.5) is 0 Å². The zero-order valence-corrected chi connectivity index (χ0v) is 16.7. The van der Waals surface area contributed by atoms with Gasteiger partial charge in [-0.2, -0.15) is 0 Å². The summed E-state index contributed by atoms with van der Waals surface area (Å²) in [4.78, 5) is 9.33. The topological polar surface area (TPSA) is 30.7 Å². The lowest BCUT2D eigenvalue weighted by atomic mass is 10.1. The van der Waals surface area contributed by atoms with Crippen LogP contribution < -0.4 is 0 Å². The molecule has 2 aromatic heterocycles. The van der Waals surface area contributed by atoms with Crippen molar-refractivity contribution >= 4 is 44.3 Å². The molecule has 142 valence electrons. The third kappa shape index (κ3) is 2.60. The van der Waals surface area contributed by atoms with Gasteiger partial charge in [-0.1, -0.05) is 60.1 Å². The summed E-state index contributed by atoms with van der Waals surface area (Å²) >= 11 is 6.45. The molecule has 0 aliphatic rings. The van der Waals surface area contributed by atoms with Crippen LogP contribution in [0.2, 0.25) is 5.15 Å². The Bertz CT molecular complexity index is 1550. The first-order valence-corrected chi connectivity index (χ1v) is 10.2. The van der Waals surface area contributed by atoms with Gasteiger partial charge in [-0.15, -0.1) is 0 Å². The van der Waals surface area contributed by atoms with Crippen molar-refractivity contribution in [2.75, 3.05) is 0 Å². The summed E-state index contributed by atoms with van der Waals surface area (Å²) in [7, 11) is 0. The van der Waals surface area contributed by atoms with Gasteiger partial charge in [0.1, 0.15) is 5.15 Å². The maximum atomic E-state index is 6.45. The molecule has 2 heterocycles. The number of rotatable bonds is 2. The van der Waals surface area contributed by atoms with E-state index in [0.29, 0.717) is 11.0 Å². The molecule has 3 nitrogen and oxygen atoms in total. The van der Waals surface area contributed by atoms with Crippen molar-refractivity contribution in [3.63, 3.8) is 0 Å². The molecule has 4 heteroatoms. The van der Waals surface area contributed by atoms with Crippen LogP contribution in [-0.4, -0.2) is 14.5 Å². The molecule has 30 heavy (non-hydrogen) atoms. The van der Waals surface area contributed by atoms with Crippen molar-refractivity contribution < 1.29 is 0 Å². The van der Waals surface area contributed by atoms with E-state index in [4.69, 9.17) is 16.6 Å². The Morgan fingerprint density at radius 3 is 2.17 bits per heavy atom. The molecule has 0 fully saturated rings. The predicted molar refractivity (Wildman–Crippen MR) is 124 cm³/mol. The zero-order valence-electron chi connectivity index (χ0n) is 16.0. The molecule has 4 aromatic carbocycles. The highest BCUT2D eigenvalue weighted by molar-refractivity contribution is 6.34. The number of halogens is 1. The van der Waals surface area contributed by atoms with Gasteiger partial charge in [-0.25, -0.2) is 9.97 Å². The van der Waals surface area contributed by atoms with Gasteiger partial charge in [0.25, 0.3) is 0 Å². The number of para-hydroxylation sites is 3. The average Bonchev–Trinajstić information content (AvgIpc) is 3.13. The van der Waals surface area contributed by atoms with E-state index in [2.05, 4.69) is 76.3 Å². The third-order valence-corrected chi connectivity index (χ3v) is 5.79. The number of hydrogen-bond acceptors (Lipinski definition) is 2. The van der Waals surface area contributed by atoms with E-state index in [1.807, 2.05) is 30.3 Å². The van der Waals surface area contributed by atoms with Crippen LogP contribution in [0, 0.1) is 0 Å². The van der Waals surface area contributed by atoms with Crippen LogP contribution in [0.1, 0.15) is 0 Å². The number of aromatic nitrogens is 3. The lowest BCUT2D eigenvalue weighted by Crippen LogP contribution is -1.94. The quantitative estimate of drug-likeness (QED) is 0.289. The van der Waals surface area contributed by atoms with E-state index in [9.17, 15) is 0 Å². The minimum atomic E-state index is 0.474. The Morgan fingerprint density at radius 1 is 0.600 bits per heavy atom. The second-order valence-corrected chi connectivity index (χ2v) is 7.63. The minimum Gasteiger partial charge on any atom is -0.309 e. The van der Waals surface area contributed by atoms with Crippen LogP contribution in [0.3, 0.4) is 0 Å². The molecule has 0 saturated heterocycles. The summed E-state index contributed by atoms with van der Waals surface area (Å²) in [6, 6.07) is 33.1. The lowest BCUT2D eigenvalue weighted by Gasteiger charge is -2.08. The minimum absolute atomic E-state index is 0.474. The van der Waals surface area contributed by atoms with E-state index in [1.54, 1.807) is 0 Å². The van der Waals surface area contributed by atoms with Gasteiger partial charge in [0.15, 0.2) is 5.82 Å². The van der Waals surface area contributed by atoms with Crippen LogP contribution in [0.25, 0.3) is 49.8 Å². The van der Waals surface area contributed by atoms with Crippen LogP contribution in [0.5, 0.6) is 0 Å². The number of nitrogens with zero attached hydrogens (tertiary/aromatic N) is 3. The van der Waals surface area contributed by atoms with Gasteiger partial charge < -0.3 is 4.57 Å². The standard InChI is InChI=1S/C26H16ClN3/c27-25-20-11-4-6-12-22(20)28-26(29-25)17-14-15-24-21(16-17)19-10-5-7-13-23(19)30(24)18-8-2-1-3-9-18/h1-16H. The zero-order chi connectivity index (χ0) is 20.1. The first-order chi connectivity index (χ1) is 14.8. The van der Waals surface area contributed by atoms with Gasteiger partial charge in [0.05, 0.1) is 16.6 Å². The third-order valence-electron chi connectivity index (χ3n) is 5.50. The molecule has 6 aromatic rings. The second-order valence-electron chi connectivity index (χ2n) is 7.28. The molecule has 0 saturated carbocycles. The Kier molecular flexibility index (Phi) is 3.83. The maximum Gasteiger partial charge on any atom is 0.161 e. The van der Waals surface area contributed by atoms with E-state index in [-0.39, 0.29) is 0 Å². The van der Waals surface area contributed by atoms with E-state index in [0.717, 1.165) is 27.7 Å². The Labute approximate surface area is 178 Å². The summed E-state index contributed by atoms with van der Waals surface area (Å²) in [6.07, 6.45) is 0. The molecule has 6 rings (SSSR count). The number of benzene rings is 4. The fourth-order valence-corrected chi connectivity index (χ4v) is 4.37. The smallest absolute Gasteiger partial charge is 0.161 e. The molecular formula is C26H16ClN3. The summed E-state index contributed by atoms with van der Waals surface area (Å²) in [6.45, 7) is 0. The Hall–Kier alpha value is -3.69. The molecule has 0 aliphatic carbocycles. The normalized spacial score (nSPS) is 11.5. The van der Waals surface area contributed by atoms with Crippen molar-refractivity contribution in [3.05, 3.63) is 102 Å².